The lowest BCUT2D eigenvalue weighted by molar-refractivity contribution is -0.130. The number of nitrogens with one attached hydrogen (secondary N) is 2. The number of aliphatic imine (C=N–C) groups is 1. The third kappa shape index (κ3) is 14.1. The summed E-state index contributed by atoms with van der Waals surface area (Å²) in [6.07, 6.45) is 5.96. The molecule has 0 bridgehead atoms. The fourth-order valence-corrected chi connectivity index (χ4v) is 3.04. The van der Waals surface area contributed by atoms with Gasteiger partial charge in [-0.2, -0.15) is 0 Å². The summed E-state index contributed by atoms with van der Waals surface area (Å²) in [5, 5.41) is 6.32. The summed E-state index contributed by atoms with van der Waals surface area (Å²) in [6, 6.07) is 0. The van der Waals surface area contributed by atoms with Gasteiger partial charge in [-0.1, -0.05) is 6.42 Å². The first-order chi connectivity index (χ1) is 12.4. The highest BCUT2D eigenvalue weighted by Crippen LogP contribution is 2.11. The first-order valence-electron chi connectivity index (χ1n) is 9.48. The molecular weight excluding hydrogens is 483 g/mol. The van der Waals surface area contributed by atoms with Crippen LogP contribution in [0, 0.1) is 0 Å². The molecule has 2 N–H and O–H groups in total. The molecule has 0 aromatic carbocycles. The highest BCUT2D eigenvalue weighted by Gasteiger charge is 2.15. The topological polar surface area (TPSA) is 100 Å². The summed E-state index contributed by atoms with van der Waals surface area (Å²) in [4.78, 5) is 18.4. The molecule has 1 rings (SSSR count). The molecule has 1 saturated heterocycles. The van der Waals surface area contributed by atoms with E-state index in [1.165, 1.54) is 6.26 Å². The summed E-state index contributed by atoms with van der Waals surface area (Å²) in [5.41, 5.74) is 0. The summed E-state index contributed by atoms with van der Waals surface area (Å²) in [5.74, 6) is 1.01. The van der Waals surface area contributed by atoms with Crippen molar-refractivity contribution in [3.8, 4) is 0 Å². The largest absolute Gasteiger partial charge is 0.379 e. The van der Waals surface area contributed by atoms with E-state index in [0.29, 0.717) is 32.1 Å². The molecule has 10 heteroatoms. The van der Waals surface area contributed by atoms with Crippen molar-refractivity contribution < 1.29 is 17.9 Å². The minimum atomic E-state index is -2.98. The van der Waals surface area contributed by atoms with Crippen LogP contribution in [0.1, 0.15) is 39.0 Å². The number of hydrogen-bond acceptors (Lipinski definition) is 5. The third-order valence-corrected chi connectivity index (χ3v) is 4.92. The maximum absolute atomic E-state index is 11.9. The van der Waals surface area contributed by atoms with E-state index in [-0.39, 0.29) is 42.2 Å². The molecule has 0 aliphatic carbocycles. The van der Waals surface area contributed by atoms with Gasteiger partial charge in [-0.15, -0.1) is 24.0 Å². The second-order valence-electron chi connectivity index (χ2n) is 6.47. The minimum absolute atomic E-state index is 0. The highest BCUT2D eigenvalue weighted by molar-refractivity contribution is 14.0. The predicted octanol–water partition coefficient (Wildman–Crippen LogP) is 1.01. The quantitative estimate of drug-likeness (QED) is 0.183. The Morgan fingerprint density at radius 1 is 1.22 bits per heavy atom. The number of ether oxygens (including phenoxy) is 1. The van der Waals surface area contributed by atoms with Crippen molar-refractivity contribution in [1.29, 1.82) is 0 Å². The van der Waals surface area contributed by atoms with Gasteiger partial charge in [0.1, 0.15) is 9.84 Å². The molecule has 160 valence electrons. The van der Waals surface area contributed by atoms with Crippen molar-refractivity contribution in [2.75, 3.05) is 57.9 Å². The van der Waals surface area contributed by atoms with Crippen LogP contribution in [0.4, 0.5) is 0 Å². The Morgan fingerprint density at radius 3 is 2.70 bits per heavy atom. The molecule has 0 unspecified atom stereocenters. The van der Waals surface area contributed by atoms with Crippen LogP contribution in [0.5, 0.6) is 0 Å². The Morgan fingerprint density at radius 2 is 2.00 bits per heavy atom. The molecule has 1 fully saturated rings. The van der Waals surface area contributed by atoms with Crippen LogP contribution in [-0.2, 0) is 19.4 Å². The van der Waals surface area contributed by atoms with E-state index in [1.54, 1.807) is 0 Å². The standard InChI is InChI=1S/C17H34N4O4S.HI/c1-3-18-17(20-10-13-25-14-15-26(2,23)24)19-9-7-12-21-11-6-4-5-8-16(21)22;/h3-15H2,1-2H3,(H2,18,19,20);1H. The number of sulfone groups is 1. The molecule has 0 aromatic heterocycles. The average molecular weight is 518 g/mol. The number of carbonyl (C=O) groups excluding carboxylic acids is 1. The maximum atomic E-state index is 11.9. The molecule has 0 aromatic rings. The normalized spacial score (nSPS) is 15.9. The molecule has 27 heavy (non-hydrogen) atoms. The van der Waals surface area contributed by atoms with Crippen LogP contribution in [-0.4, -0.2) is 83.1 Å². The lowest BCUT2D eigenvalue weighted by atomic mass is 10.2. The van der Waals surface area contributed by atoms with E-state index in [4.69, 9.17) is 4.74 Å². The molecule has 8 nitrogen and oxygen atoms in total. The zero-order valence-electron chi connectivity index (χ0n) is 16.5. The Balaban J connectivity index is 0.00000676. The zero-order valence-corrected chi connectivity index (χ0v) is 19.7. The van der Waals surface area contributed by atoms with Crippen molar-refractivity contribution in [3.05, 3.63) is 0 Å². The van der Waals surface area contributed by atoms with E-state index in [2.05, 4.69) is 15.6 Å². The third-order valence-electron chi connectivity index (χ3n) is 4.01. The van der Waals surface area contributed by atoms with Gasteiger partial charge in [0, 0.05) is 45.4 Å². The first kappa shape index (κ1) is 26.4. The Hall–Kier alpha value is -0.620. The van der Waals surface area contributed by atoms with E-state index in [1.807, 2.05) is 11.8 Å². The summed E-state index contributed by atoms with van der Waals surface area (Å²) < 4.78 is 27.3. The SMILES string of the molecule is CCNC(=NCCCN1CCCCCC1=O)NCCOCCS(C)(=O)=O.I. The van der Waals surface area contributed by atoms with Crippen molar-refractivity contribution in [1.82, 2.24) is 15.5 Å². The molecule has 0 spiro atoms. The second kappa shape index (κ2) is 15.3. The van der Waals surface area contributed by atoms with Crippen LogP contribution >= 0.6 is 24.0 Å². The number of nitrogens with zero attached hydrogens (tertiary/aromatic N) is 2. The fourth-order valence-electron chi connectivity index (χ4n) is 2.62. The number of halogens is 1. The van der Waals surface area contributed by atoms with Gasteiger partial charge in [0.2, 0.25) is 5.91 Å². The second-order valence-corrected chi connectivity index (χ2v) is 8.73. The van der Waals surface area contributed by atoms with Crippen molar-refractivity contribution in [2.45, 2.75) is 39.0 Å². The van der Waals surface area contributed by atoms with Crippen LogP contribution < -0.4 is 10.6 Å². The smallest absolute Gasteiger partial charge is 0.222 e. The molecule has 1 aliphatic rings. The predicted molar refractivity (Wildman–Crippen MR) is 120 cm³/mol. The van der Waals surface area contributed by atoms with E-state index < -0.39 is 9.84 Å². The minimum Gasteiger partial charge on any atom is -0.379 e. The zero-order chi connectivity index (χ0) is 19.3. The van der Waals surface area contributed by atoms with Gasteiger partial charge in [0.25, 0.3) is 0 Å². The van der Waals surface area contributed by atoms with E-state index >= 15 is 0 Å². The lowest BCUT2D eigenvalue weighted by Crippen LogP contribution is -2.39. The van der Waals surface area contributed by atoms with Gasteiger partial charge in [-0.3, -0.25) is 9.79 Å². The maximum Gasteiger partial charge on any atom is 0.222 e. The van der Waals surface area contributed by atoms with Crippen molar-refractivity contribution in [2.24, 2.45) is 4.99 Å². The number of guanidine groups is 1. The molecule has 0 saturated carbocycles. The van der Waals surface area contributed by atoms with Crippen LogP contribution in [0.25, 0.3) is 0 Å². The van der Waals surface area contributed by atoms with Gasteiger partial charge in [0.05, 0.1) is 19.0 Å². The lowest BCUT2D eigenvalue weighted by Gasteiger charge is -2.20. The number of likely N-dealkylation sites (tertiary alicyclic amines) is 1. The number of rotatable bonds is 11. The molecule has 1 amide bonds. The highest BCUT2D eigenvalue weighted by atomic mass is 127. The van der Waals surface area contributed by atoms with Gasteiger partial charge in [-0.05, 0) is 26.2 Å². The summed E-state index contributed by atoms with van der Waals surface area (Å²) >= 11 is 0. The number of hydrogen-bond donors (Lipinski definition) is 2. The Labute approximate surface area is 180 Å². The van der Waals surface area contributed by atoms with Gasteiger partial charge >= 0.3 is 0 Å². The van der Waals surface area contributed by atoms with Crippen LogP contribution in [0.3, 0.4) is 0 Å². The number of amides is 1. The molecule has 0 atom stereocenters. The monoisotopic (exact) mass is 518 g/mol. The van der Waals surface area contributed by atoms with Gasteiger partial charge in [0.15, 0.2) is 5.96 Å². The summed E-state index contributed by atoms with van der Waals surface area (Å²) in [7, 11) is -2.98. The van der Waals surface area contributed by atoms with Crippen molar-refractivity contribution in [3.63, 3.8) is 0 Å². The van der Waals surface area contributed by atoms with Crippen molar-refractivity contribution >= 4 is 45.7 Å². The average Bonchev–Trinajstić information content (AvgIpc) is 2.78. The van der Waals surface area contributed by atoms with Crippen LogP contribution in [0.2, 0.25) is 0 Å². The summed E-state index contributed by atoms with van der Waals surface area (Å²) in [6.45, 7) is 6.21. The van der Waals surface area contributed by atoms with Gasteiger partial charge in [-0.25, -0.2) is 8.42 Å². The van der Waals surface area contributed by atoms with Gasteiger partial charge < -0.3 is 20.3 Å². The Bertz CT molecular complexity index is 543. The van der Waals surface area contributed by atoms with Crippen LogP contribution in [0.15, 0.2) is 4.99 Å². The first-order valence-corrected chi connectivity index (χ1v) is 11.5. The molecular formula is C17H35IN4O4S. The molecule has 1 aliphatic heterocycles. The van der Waals surface area contributed by atoms with E-state index in [9.17, 15) is 13.2 Å². The van der Waals surface area contributed by atoms with E-state index in [0.717, 1.165) is 45.3 Å². The molecule has 1 heterocycles. The molecule has 0 radical (unpaired) electrons. The Kier molecular flexibility index (Phi) is 15.0. The fraction of sp³-hybridized carbons (Fsp3) is 0.882. The number of carbonyl (C=O) groups is 1.